The number of hydrogen-bond acceptors (Lipinski definition) is 4. The van der Waals surface area contributed by atoms with Crippen molar-refractivity contribution < 1.29 is 12.6 Å². The Morgan fingerprint density at radius 3 is 1.64 bits per heavy atom. The average Bonchev–Trinajstić information content (AvgIpc) is 2.54. The van der Waals surface area contributed by atoms with E-state index in [1.165, 1.54) is 0 Å². The van der Waals surface area contributed by atoms with Crippen molar-refractivity contribution in [2.45, 2.75) is 29.4 Å². The predicted octanol–water partition coefficient (Wildman–Crippen LogP) is 5.65. The summed E-state index contributed by atoms with van der Waals surface area (Å²) in [6.45, 7) is 0. The molecule has 3 rings (SSSR count). The first-order chi connectivity index (χ1) is 11.8. The van der Waals surface area contributed by atoms with Crippen molar-refractivity contribution in [1.82, 2.24) is 0 Å². The predicted molar refractivity (Wildman–Crippen MR) is 105 cm³/mol. The van der Waals surface area contributed by atoms with Gasteiger partial charge in [-0.1, -0.05) is 47.5 Å². The number of thioether (sulfide) groups is 1. The van der Waals surface area contributed by atoms with E-state index >= 15 is 0 Å². The summed E-state index contributed by atoms with van der Waals surface area (Å²) in [6.07, 6.45) is 2.04. The first kappa shape index (κ1) is 19.1. The number of rotatable bonds is 4. The summed E-state index contributed by atoms with van der Waals surface area (Å²) in [5, 5.41) is 1.64. The van der Waals surface area contributed by atoms with Gasteiger partial charge in [0.2, 0.25) is 0 Å². The molecule has 2 unspecified atom stereocenters. The fourth-order valence-corrected chi connectivity index (χ4v) is 5.57. The molecule has 1 aliphatic rings. The second-order valence-corrected chi connectivity index (χ2v) is 9.99. The van der Waals surface area contributed by atoms with Crippen LogP contribution in [0.4, 0.5) is 0 Å². The quantitative estimate of drug-likeness (QED) is 0.604. The van der Waals surface area contributed by atoms with Crippen LogP contribution in [0.2, 0.25) is 10.0 Å². The lowest BCUT2D eigenvalue weighted by molar-refractivity contribution is 0.183. The van der Waals surface area contributed by atoms with Crippen molar-refractivity contribution in [3.05, 3.63) is 69.7 Å². The smallest absolute Gasteiger partial charge is 0.264 e. The lowest BCUT2D eigenvalue weighted by Crippen LogP contribution is -2.26. The van der Waals surface area contributed by atoms with Gasteiger partial charge in [-0.05, 0) is 48.2 Å². The molecule has 0 aliphatic carbocycles. The van der Waals surface area contributed by atoms with Crippen LogP contribution < -0.4 is 0 Å². The molecule has 3 nitrogen and oxygen atoms in total. The van der Waals surface area contributed by atoms with Crippen LogP contribution >= 0.6 is 35.0 Å². The number of hydrogen-bond donors (Lipinski definition) is 0. The van der Waals surface area contributed by atoms with Gasteiger partial charge in [-0.2, -0.15) is 8.42 Å². The monoisotopic (exact) mass is 416 g/mol. The zero-order chi connectivity index (χ0) is 18.0. The fourth-order valence-electron chi connectivity index (χ4n) is 2.99. The van der Waals surface area contributed by atoms with Gasteiger partial charge in [0.1, 0.15) is 0 Å². The molecule has 0 N–H and O–H groups in total. The molecular formula is C18H18Cl2O3S2. The van der Waals surface area contributed by atoms with Crippen molar-refractivity contribution in [2.24, 2.45) is 0 Å². The second kappa shape index (κ2) is 7.89. The number of benzene rings is 2. The molecule has 134 valence electrons. The Hall–Kier alpha value is -0.720. The third kappa shape index (κ3) is 5.38. The Morgan fingerprint density at radius 2 is 1.28 bits per heavy atom. The lowest BCUT2D eigenvalue weighted by atomic mass is 9.99. The molecule has 0 aromatic heterocycles. The molecular weight excluding hydrogens is 399 g/mol. The maximum atomic E-state index is 11.6. The SMILES string of the molecule is CS(=O)(=O)OC1CC(c2ccc(Cl)cc2)SC(c2ccc(Cl)cc2)C1. The van der Waals surface area contributed by atoms with Crippen LogP contribution in [0.5, 0.6) is 0 Å². The third-order valence-corrected chi connectivity index (χ3v) is 6.79. The Labute approximate surface area is 162 Å². The third-order valence-electron chi connectivity index (χ3n) is 4.08. The zero-order valence-electron chi connectivity index (χ0n) is 13.6. The summed E-state index contributed by atoms with van der Waals surface area (Å²) in [5.74, 6) is 0. The Morgan fingerprint density at radius 1 is 0.880 bits per heavy atom. The van der Waals surface area contributed by atoms with Gasteiger partial charge >= 0.3 is 0 Å². The van der Waals surface area contributed by atoms with E-state index in [-0.39, 0.29) is 16.6 Å². The molecule has 7 heteroatoms. The van der Waals surface area contributed by atoms with E-state index in [4.69, 9.17) is 27.4 Å². The van der Waals surface area contributed by atoms with Crippen molar-refractivity contribution in [1.29, 1.82) is 0 Å². The summed E-state index contributed by atoms with van der Waals surface area (Å²) >= 11 is 13.8. The Kier molecular flexibility index (Phi) is 6.01. The van der Waals surface area contributed by atoms with E-state index < -0.39 is 10.1 Å². The molecule has 1 fully saturated rings. The van der Waals surface area contributed by atoms with E-state index in [9.17, 15) is 8.42 Å². The summed E-state index contributed by atoms with van der Waals surface area (Å²) in [5.41, 5.74) is 2.24. The van der Waals surface area contributed by atoms with Crippen LogP contribution in [0, 0.1) is 0 Å². The van der Waals surface area contributed by atoms with Crippen molar-refractivity contribution >= 4 is 45.1 Å². The van der Waals surface area contributed by atoms with Crippen molar-refractivity contribution in [3.8, 4) is 0 Å². The van der Waals surface area contributed by atoms with E-state index in [0.29, 0.717) is 22.9 Å². The minimum Gasteiger partial charge on any atom is -0.267 e. The molecule has 25 heavy (non-hydrogen) atoms. The van der Waals surface area contributed by atoms with Gasteiger partial charge in [-0.3, -0.25) is 4.18 Å². The maximum absolute atomic E-state index is 11.6. The van der Waals surface area contributed by atoms with E-state index in [2.05, 4.69) is 0 Å². The molecule has 1 saturated heterocycles. The van der Waals surface area contributed by atoms with Gasteiger partial charge in [-0.15, -0.1) is 11.8 Å². The van der Waals surface area contributed by atoms with Crippen LogP contribution in [0.1, 0.15) is 34.5 Å². The minimum absolute atomic E-state index is 0.137. The lowest BCUT2D eigenvalue weighted by Gasteiger charge is -2.34. The molecule has 0 spiro atoms. The molecule has 0 saturated carbocycles. The molecule has 2 atom stereocenters. The normalized spacial score (nSPS) is 24.2. The topological polar surface area (TPSA) is 43.4 Å². The Bertz CT molecular complexity index is 767. The molecule has 0 amide bonds. The van der Waals surface area contributed by atoms with E-state index in [1.807, 2.05) is 60.3 Å². The molecule has 2 aromatic carbocycles. The first-order valence-corrected chi connectivity index (χ1v) is 11.4. The highest BCUT2D eigenvalue weighted by Gasteiger charge is 2.33. The van der Waals surface area contributed by atoms with Crippen LogP contribution in [0.15, 0.2) is 48.5 Å². The molecule has 1 heterocycles. The molecule has 0 radical (unpaired) electrons. The zero-order valence-corrected chi connectivity index (χ0v) is 16.7. The Balaban J connectivity index is 1.87. The van der Waals surface area contributed by atoms with Gasteiger partial charge in [0.15, 0.2) is 0 Å². The van der Waals surface area contributed by atoms with Gasteiger partial charge in [0.25, 0.3) is 10.1 Å². The molecule has 2 aromatic rings. The van der Waals surface area contributed by atoms with E-state index in [0.717, 1.165) is 17.4 Å². The summed E-state index contributed by atoms with van der Waals surface area (Å²) < 4.78 is 28.6. The second-order valence-electron chi connectivity index (χ2n) is 6.11. The van der Waals surface area contributed by atoms with Crippen LogP contribution in [0.25, 0.3) is 0 Å². The highest BCUT2D eigenvalue weighted by Crippen LogP contribution is 2.51. The standard InChI is InChI=1S/C18H18Cl2O3S2/c1-25(21,22)23-16-10-17(12-2-6-14(19)7-3-12)24-18(11-16)13-4-8-15(20)9-5-13/h2-9,16-18H,10-11H2,1H3. The van der Waals surface area contributed by atoms with E-state index in [1.54, 1.807) is 0 Å². The minimum atomic E-state index is -3.50. The van der Waals surface area contributed by atoms with Gasteiger partial charge in [-0.25, -0.2) is 0 Å². The van der Waals surface area contributed by atoms with Crippen LogP contribution in [-0.2, 0) is 14.3 Å². The summed E-state index contributed by atoms with van der Waals surface area (Å²) in [7, 11) is -3.50. The van der Waals surface area contributed by atoms with Crippen molar-refractivity contribution in [2.75, 3.05) is 6.26 Å². The summed E-state index contributed by atoms with van der Waals surface area (Å²) in [6, 6.07) is 15.4. The molecule has 1 aliphatic heterocycles. The van der Waals surface area contributed by atoms with Crippen LogP contribution in [-0.4, -0.2) is 20.8 Å². The highest BCUT2D eigenvalue weighted by atomic mass is 35.5. The fraction of sp³-hybridized carbons (Fsp3) is 0.333. The van der Waals surface area contributed by atoms with Crippen molar-refractivity contribution in [3.63, 3.8) is 0 Å². The largest absolute Gasteiger partial charge is 0.267 e. The maximum Gasteiger partial charge on any atom is 0.264 e. The van der Waals surface area contributed by atoms with Gasteiger partial charge in [0.05, 0.1) is 12.4 Å². The highest BCUT2D eigenvalue weighted by molar-refractivity contribution is 7.99. The summed E-state index contributed by atoms with van der Waals surface area (Å²) in [4.78, 5) is 0. The first-order valence-electron chi connectivity index (χ1n) is 7.85. The van der Waals surface area contributed by atoms with Gasteiger partial charge < -0.3 is 0 Å². The molecule has 0 bridgehead atoms. The number of halogens is 2. The van der Waals surface area contributed by atoms with Crippen LogP contribution in [0.3, 0.4) is 0 Å². The van der Waals surface area contributed by atoms with Gasteiger partial charge in [0, 0.05) is 20.5 Å². The average molecular weight is 417 g/mol.